The minimum Gasteiger partial charge on any atom is -0.359 e. The Morgan fingerprint density at radius 1 is 1.26 bits per heavy atom. The van der Waals surface area contributed by atoms with Crippen molar-refractivity contribution in [2.24, 2.45) is 5.41 Å². The number of nitrogens with one attached hydrogen (secondary N) is 2. The topological polar surface area (TPSA) is 41.1 Å². The van der Waals surface area contributed by atoms with Crippen molar-refractivity contribution in [2.75, 3.05) is 13.6 Å². The van der Waals surface area contributed by atoms with E-state index in [-0.39, 0.29) is 5.91 Å². The van der Waals surface area contributed by atoms with Crippen molar-refractivity contribution in [2.45, 2.75) is 39.7 Å². The van der Waals surface area contributed by atoms with Crippen molar-refractivity contribution < 1.29 is 4.79 Å². The molecular formula is C16H26N2O. The van der Waals surface area contributed by atoms with E-state index < -0.39 is 5.41 Å². The van der Waals surface area contributed by atoms with Crippen LogP contribution in [0, 0.1) is 5.41 Å². The van der Waals surface area contributed by atoms with Crippen LogP contribution in [0.15, 0.2) is 30.3 Å². The number of hydrogen-bond acceptors (Lipinski definition) is 2. The summed E-state index contributed by atoms with van der Waals surface area (Å²) in [6.07, 6.45) is 2.20. The summed E-state index contributed by atoms with van der Waals surface area (Å²) in [5.41, 5.74) is 0.896. The van der Waals surface area contributed by atoms with Gasteiger partial charge in [-0.3, -0.25) is 4.79 Å². The maximum atomic E-state index is 11.8. The number of benzene rings is 1. The van der Waals surface area contributed by atoms with Gasteiger partial charge in [-0.1, -0.05) is 43.7 Å². The van der Waals surface area contributed by atoms with E-state index in [0.29, 0.717) is 12.6 Å². The monoisotopic (exact) mass is 262 g/mol. The van der Waals surface area contributed by atoms with Crippen LogP contribution >= 0.6 is 0 Å². The molecule has 1 aromatic rings. The summed E-state index contributed by atoms with van der Waals surface area (Å²) in [6.45, 7) is 6.79. The molecule has 0 saturated carbocycles. The summed E-state index contributed by atoms with van der Waals surface area (Å²) in [6, 6.07) is 10.7. The van der Waals surface area contributed by atoms with Crippen molar-refractivity contribution >= 4 is 5.91 Å². The molecule has 0 radical (unpaired) electrons. The molecule has 0 aliphatic heterocycles. The van der Waals surface area contributed by atoms with Crippen molar-refractivity contribution in [1.29, 1.82) is 0 Å². The van der Waals surface area contributed by atoms with Crippen LogP contribution in [0.4, 0.5) is 0 Å². The predicted octanol–water partition coefficient (Wildman–Crippen LogP) is 2.89. The summed E-state index contributed by atoms with van der Waals surface area (Å²) >= 11 is 0. The smallest absolute Gasteiger partial charge is 0.226 e. The van der Waals surface area contributed by atoms with E-state index in [9.17, 15) is 4.79 Å². The van der Waals surface area contributed by atoms with E-state index in [4.69, 9.17) is 0 Å². The SMILES string of the molecule is CCCC(NCC(C)(C)C(=O)NC)c1ccccc1. The van der Waals surface area contributed by atoms with Gasteiger partial charge in [0.1, 0.15) is 0 Å². The molecule has 0 heterocycles. The van der Waals surface area contributed by atoms with Gasteiger partial charge in [0.2, 0.25) is 5.91 Å². The Morgan fingerprint density at radius 2 is 1.89 bits per heavy atom. The zero-order valence-corrected chi connectivity index (χ0v) is 12.5. The Balaban J connectivity index is 2.68. The lowest BCUT2D eigenvalue weighted by molar-refractivity contribution is -0.128. The molecule has 0 aliphatic rings. The first-order chi connectivity index (χ1) is 9.01. The highest BCUT2D eigenvalue weighted by Crippen LogP contribution is 2.21. The molecule has 3 heteroatoms. The van der Waals surface area contributed by atoms with Crippen LogP contribution in [-0.2, 0) is 4.79 Å². The van der Waals surface area contributed by atoms with E-state index in [0.717, 1.165) is 12.8 Å². The highest BCUT2D eigenvalue weighted by atomic mass is 16.2. The molecule has 0 spiro atoms. The van der Waals surface area contributed by atoms with Gasteiger partial charge in [0.15, 0.2) is 0 Å². The number of rotatable bonds is 7. The average Bonchev–Trinajstić information content (AvgIpc) is 2.43. The molecule has 106 valence electrons. The van der Waals surface area contributed by atoms with Crippen LogP contribution in [0.2, 0.25) is 0 Å². The maximum absolute atomic E-state index is 11.8. The van der Waals surface area contributed by atoms with Crippen LogP contribution in [0.3, 0.4) is 0 Å². The van der Waals surface area contributed by atoms with E-state index in [1.807, 2.05) is 19.9 Å². The minimum absolute atomic E-state index is 0.0725. The summed E-state index contributed by atoms with van der Waals surface area (Å²) in [4.78, 5) is 11.8. The third-order valence-corrected chi connectivity index (χ3v) is 3.41. The lowest BCUT2D eigenvalue weighted by Gasteiger charge is -2.27. The van der Waals surface area contributed by atoms with Crippen LogP contribution in [-0.4, -0.2) is 19.5 Å². The molecular weight excluding hydrogens is 236 g/mol. The maximum Gasteiger partial charge on any atom is 0.226 e. The van der Waals surface area contributed by atoms with E-state index in [1.54, 1.807) is 7.05 Å². The second-order valence-corrected chi connectivity index (χ2v) is 5.60. The molecule has 19 heavy (non-hydrogen) atoms. The lowest BCUT2D eigenvalue weighted by Crippen LogP contribution is -2.43. The standard InChI is InChI=1S/C16H26N2O/c1-5-9-14(13-10-7-6-8-11-13)18-12-16(2,3)15(19)17-4/h6-8,10-11,14,18H,5,9,12H2,1-4H3,(H,17,19). The highest BCUT2D eigenvalue weighted by molar-refractivity contribution is 5.81. The minimum atomic E-state index is -0.393. The fourth-order valence-corrected chi connectivity index (χ4v) is 2.16. The second-order valence-electron chi connectivity index (χ2n) is 5.60. The van der Waals surface area contributed by atoms with E-state index >= 15 is 0 Å². The first-order valence-electron chi connectivity index (χ1n) is 7.01. The summed E-state index contributed by atoms with van der Waals surface area (Å²) in [5, 5.41) is 6.25. The van der Waals surface area contributed by atoms with Crippen molar-refractivity contribution in [3.05, 3.63) is 35.9 Å². The van der Waals surface area contributed by atoms with Gasteiger partial charge in [-0.05, 0) is 25.8 Å². The average molecular weight is 262 g/mol. The first kappa shape index (κ1) is 15.7. The van der Waals surface area contributed by atoms with Crippen molar-refractivity contribution in [3.63, 3.8) is 0 Å². The molecule has 0 aromatic heterocycles. The fourth-order valence-electron chi connectivity index (χ4n) is 2.16. The van der Waals surface area contributed by atoms with Gasteiger partial charge in [-0.2, -0.15) is 0 Å². The Bertz CT molecular complexity index is 387. The number of carbonyl (C=O) groups excluding carboxylic acids is 1. The van der Waals surface area contributed by atoms with Crippen LogP contribution in [0.1, 0.15) is 45.2 Å². The quantitative estimate of drug-likeness (QED) is 0.793. The van der Waals surface area contributed by atoms with Gasteiger partial charge >= 0.3 is 0 Å². The van der Waals surface area contributed by atoms with Gasteiger partial charge < -0.3 is 10.6 Å². The highest BCUT2D eigenvalue weighted by Gasteiger charge is 2.27. The normalized spacial score (nSPS) is 13.1. The molecule has 1 aromatic carbocycles. The van der Waals surface area contributed by atoms with E-state index in [2.05, 4.69) is 41.8 Å². The molecule has 0 bridgehead atoms. The van der Waals surface area contributed by atoms with Gasteiger partial charge in [0.05, 0.1) is 5.41 Å². The molecule has 3 nitrogen and oxygen atoms in total. The van der Waals surface area contributed by atoms with E-state index in [1.165, 1.54) is 5.56 Å². The van der Waals surface area contributed by atoms with Gasteiger partial charge in [-0.15, -0.1) is 0 Å². The van der Waals surface area contributed by atoms with Crippen LogP contribution in [0.5, 0.6) is 0 Å². The van der Waals surface area contributed by atoms with Crippen molar-refractivity contribution in [3.8, 4) is 0 Å². The van der Waals surface area contributed by atoms with Gasteiger partial charge in [-0.25, -0.2) is 0 Å². The predicted molar refractivity (Wildman–Crippen MR) is 79.9 cm³/mol. The number of hydrogen-bond donors (Lipinski definition) is 2. The number of carbonyl (C=O) groups is 1. The molecule has 0 aliphatic carbocycles. The Morgan fingerprint density at radius 3 is 2.42 bits per heavy atom. The fraction of sp³-hybridized carbons (Fsp3) is 0.562. The Hall–Kier alpha value is -1.35. The van der Waals surface area contributed by atoms with Gasteiger partial charge in [0.25, 0.3) is 0 Å². The zero-order valence-electron chi connectivity index (χ0n) is 12.5. The summed E-state index contributed by atoms with van der Waals surface area (Å²) in [5.74, 6) is 0.0725. The Kier molecular flexibility index (Phi) is 6.03. The first-order valence-corrected chi connectivity index (χ1v) is 7.01. The van der Waals surface area contributed by atoms with Crippen LogP contribution < -0.4 is 10.6 Å². The largest absolute Gasteiger partial charge is 0.359 e. The third-order valence-electron chi connectivity index (χ3n) is 3.41. The molecule has 0 fully saturated rings. The molecule has 2 N–H and O–H groups in total. The molecule has 0 saturated heterocycles. The second kappa shape index (κ2) is 7.29. The molecule has 1 rings (SSSR count). The molecule has 1 atom stereocenters. The summed E-state index contributed by atoms with van der Waals surface area (Å²) < 4.78 is 0. The van der Waals surface area contributed by atoms with Crippen LogP contribution in [0.25, 0.3) is 0 Å². The Labute approximate surface area is 116 Å². The van der Waals surface area contributed by atoms with Crippen molar-refractivity contribution in [1.82, 2.24) is 10.6 Å². The summed E-state index contributed by atoms with van der Waals surface area (Å²) in [7, 11) is 1.69. The molecule has 1 unspecified atom stereocenters. The molecule has 1 amide bonds. The zero-order chi connectivity index (χ0) is 14.3. The third kappa shape index (κ3) is 4.67. The van der Waals surface area contributed by atoms with Gasteiger partial charge in [0, 0.05) is 19.6 Å². The lowest BCUT2D eigenvalue weighted by atomic mass is 9.91. The number of amides is 1.